The van der Waals surface area contributed by atoms with Crippen molar-refractivity contribution in [2.45, 2.75) is 44.8 Å². The predicted octanol–water partition coefficient (Wildman–Crippen LogP) is 2.28. The molecular weight excluding hydrogens is 297 g/mol. The number of aromatic nitrogens is 2. The van der Waals surface area contributed by atoms with Crippen molar-refractivity contribution in [2.75, 3.05) is 0 Å². The van der Waals surface area contributed by atoms with E-state index in [1.165, 1.54) is 12.1 Å². The first kappa shape index (κ1) is 15.7. The minimum atomic E-state index is -0.754. The van der Waals surface area contributed by atoms with E-state index in [9.17, 15) is 14.3 Å². The number of aliphatic hydroxyl groups excluding tert-OH is 1. The zero-order valence-electron chi connectivity index (χ0n) is 13.0. The van der Waals surface area contributed by atoms with Crippen LogP contribution in [0.25, 0.3) is 0 Å². The highest BCUT2D eigenvalue weighted by molar-refractivity contribution is 5.94. The molecule has 0 fully saturated rings. The van der Waals surface area contributed by atoms with Crippen LogP contribution in [-0.2, 0) is 12.8 Å². The number of rotatable bonds is 5. The molecule has 2 atom stereocenters. The molecule has 6 heteroatoms. The predicted molar refractivity (Wildman–Crippen MR) is 83.5 cm³/mol. The van der Waals surface area contributed by atoms with Gasteiger partial charge in [0.1, 0.15) is 5.82 Å². The number of H-pyrrole nitrogens is 1. The lowest BCUT2D eigenvalue weighted by molar-refractivity contribution is 0.0911. The summed E-state index contributed by atoms with van der Waals surface area (Å²) in [6, 6.07) is 5.50. The van der Waals surface area contributed by atoms with Crippen LogP contribution in [0.4, 0.5) is 4.39 Å². The van der Waals surface area contributed by atoms with Crippen LogP contribution >= 0.6 is 0 Å². The molecule has 5 nitrogen and oxygen atoms in total. The quantitative estimate of drug-likeness (QED) is 0.791. The average molecular weight is 317 g/mol. The number of halogens is 1. The lowest BCUT2D eigenvalue weighted by Gasteiger charge is -2.18. The van der Waals surface area contributed by atoms with Crippen molar-refractivity contribution in [3.63, 3.8) is 0 Å². The maximum absolute atomic E-state index is 12.9. The van der Waals surface area contributed by atoms with Crippen LogP contribution in [0.2, 0.25) is 0 Å². The van der Waals surface area contributed by atoms with E-state index in [-0.39, 0.29) is 17.8 Å². The van der Waals surface area contributed by atoms with Gasteiger partial charge in [-0.15, -0.1) is 0 Å². The van der Waals surface area contributed by atoms with Crippen molar-refractivity contribution in [2.24, 2.45) is 0 Å². The fourth-order valence-corrected chi connectivity index (χ4v) is 3.01. The molecule has 1 amide bonds. The Morgan fingerprint density at radius 3 is 2.87 bits per heavy atom. The van der Waals surface area contributed by atoms with Crippen LogP contribution in [0.5, 0.6) is 0 Å². The minimum absolute atomic E-state index is 0.219. The second-order valence-electron chi connectivity index (χ2n) is 6.06. The Morgan fingerprint density at radius 2 is 2.13 bits per heavy atom. The first-order chi connectivity index (χ1) is 11.0. The smallest absolute Gasteiger partial charge is 0.272 e. The summed E-state index contributed by atoms with van der Waals surface area (Å²) in [5.41, 5.74) is 3.15. The van der Waals surface area contributed by atoms with E-state index in [0.717, 1.165) is 30.5 Å². The molecule has 1 aliphatic carbocycles. The summed E-state index contributed by atoms with van der Waals surface area (Å²) in [7, 11) is 0. The van der Waals surface area contributed by atoms with Crippen molar-refractivity contribution in [3.05, 3.63) is 52.6 Å². The maximum atomic E-state index is 12.9. The standard InChI is InChI=1S/C17H20FN3O2/c1-10(9-15(22)11-5-7-12(18)8-6-11)19-17(23)16-13-3-2-4-14(13)20-21-16/h5-8,10,15,22H,2-4,9H2,1H3,(H,19,23)(H,20,21). The molecule has 1 aromatic heterocycles. The third-order valence-electron chi connectivity index (χ3n) is 4.23. The van der Waals surface area contributed by atoms with Crippen molar-refractivity contribution >= 4 is 5.91 Å². The molecule has 1 aromatic carbocycles. The average Bonchev–Trinajstić information content (AvgIpc) is 3.10. The van der Waals surface area contributed by atoms with Crippen molar-refractivity contribution in [3.8, 4) is 0 Å². The van der Waals surface area contributed by atoms with Crippen LogP contribution < -0.4 is 5.32 Å². The van der Waals surface area contributed by atoms with Gasteiger partial charge in [-0.25, -0.2) is 4.39 Å². The van der Waals surface area contributed by atoms with Gasteiger partial charge in [0.05, 0.1) is 6.10 Å². The third-order valence-corrected chi connectivity index (χ3v) is 4.23. The Balaban J connectivity index is 1.59. The Bertz CT molecular complexity index is 696. The van der Waals surface area contributed by atoms with Crippen LogP contribution in [0.15, 0.2) is 24.3 Å². The van der Waals surface area contributed by atoms with E-state index >= 15 is 0 Å². The number of carbonyl (C=O) groups is 1. The molecule has 0 bridgehead atoms. The zero-order valence-corrected chi connectivity index (χ0v) is 13.0. The highest BCUT2D eigenvalue weighted by atomic mass is 19.1. The molecule has 0 saturated heterocycles. The maximum Gasteiger partial charge on any atom is 0.272 e. The molecule has 122 valence electrons. The fourth-order valence-electron chi connectivity index (χ4n) is 3.01. The number of aryl methyl sites for hydroxylation is 1. The molecular formula is C17H20FN3O2. The Morgan fingerprint density at radius 1 is 1.39 bits per heavy atom. The Labute approximate surface area is 133 Å². The first-order valence-corrected chi connectivity index (χ1v) is 7.85. The number of hydrogen-bond acceptors (Lipinski definition) is 3. The molecule has 1 heterocycles. The van der Waals surface area contributed by atoms with Gasteiger partial charge in [0.15, 0.2) is 5.69 Å². The van der Waals surface area contributed by atoms with Gasteiger partial charge in [-0.1, -0.05) is 12.1 Å². The summed E-state index contributed by atoms with van der Waals surface area (Å²) in [6.07, 6.45) is 2.46. The number of carbonyl (C=O) groups excluding carboxylic acids is 1. The number of fused-ring (bicyclic) bond motifs is 1. The van der Waals surface area contributed by atoms with Crippen molar-refractivity contribution in [1.29, 1.82) is 0 Å². The summed E-state index contributed by atoms with van der Waals surface area (Å²) >= 11 is 0. The largest absolute Gasteiger partial charge is 0.388 e. The number of aromatic amines is 1. The molecule has 3 rings (SSSR count). The molecule has 2 unspecified atom stereocenters. The van der Waals surface area contributed by atoms with Crippen LogP contribution in [-0.4, -0.2) is 27.3 Å². The van der Waals surface area contributed by atoms with Crippen molar-refractivity contribution < 1.29 is 14.3 Å². The second kappa shape index (κ2) is 6.50. The van der Waals surface area contributed by atoms with Crippen LogP contribution in [0.3, 0.4) is 0 Å². The van der Waals surface area contributed by atoms with Gasteiger partial charge < -0.3 is 10.4 Å². The SMILES string of the molecule is CC(CC(O)c1ccc(F)cc1)NC(=O)c1n[nH]c2c1CCC2. The van der Waals surface area contributed by atoms with Gasteiger partial charge in [-0.05, 0) is 50.3 Å². The van der Waals surface area contributed by atoms with E-state index in [1.807, 2.05) is 6.92 Å². The molecule has 2 aromatic rings. The Kier molecular flexibility index (Phi) is 4.43. The van der Waals surface area contributed by atoms with E-state index < -0.39 is 6.10 Å². The molecule has 3 N–H and O–H groups in total. The van der Waals surface area contributed by atoms with Gasteiger partial charge in [-0.2, -0.15) is 5.10 Å². The van der Waals surface area contributed by atoms with E-state index in [0.29, 0.717) is 17.7 Å². The monoisotopic (exact) mass is 317 g/mol. The number of nitrogens with zero attached hydrogens (tertiary/aromatic N) is 1. The van der Waals surface area contributed by atoms with Crippen LogP contribution in [0, 0.1) is 5.82 Å². The molecule has 0 radical (unpaired) electrons. The third kappa shape index (κ3) is 3.42. The number of aliphatic hydroxyl groups is 1. The summed E-state index contributed by atoms with van der Waals surface area (Å²) in [5, 5.41) is 20.1. The summed E-state index contributed by atoms with van der Waals surface area (Å²) in [6.45, 7) is 1.83. The van der Waals surface area contributed by atoms with Crippen molar-refractivity contribution in [1.82, 2.24) is 15.5 Å². The first-order valence-electron chi connectivity index (χ1n) is 7.85. The number of benzene rings is 1. The van der Waals surface area contributed by atoms with E-state index in [1.54, 1.807) is 12.1 Å². The van der Waals surface area contributed by atoms with Gasteiger partial charge in [-0.3, -0.25) is 9.89 Å². The van der Waals surface area contributed by atoms with E-state index in [4.69, 9.17) is 0 Å². The van der Waals surface area contributed by atoms with E-state index in [2.05, 4.69) is 15.5 Å². The molecule has 0 spiro atoms. The van der Waals surface area contributed by atoms with Gasteiger partial charge in [0, 0.05) is 17.3 Å². The van der Waals surface area contributed by atoms with Gasteiger partial charge in [0.2, 0.25) is 0 Å². The summed E-state index contributed by atoms with van der Waals surface area (Å²) in [4.78, 5) is 12.3. The minimum Gasteiger partial charge on any atom is -0.388 e. The second-order valence-corrected chi connectivity index (χ2v) is 6.06. The molecule has 0 saturated carbocycles. The zero-order chi connectivity index (χ0) is 16.4. The van der Waals surface area contributed by atoms with Crippen LogP contribution in [0.1, 0.15) is 53.2 Å². The fraction of sp³-hybridized carbons (Fsp3) is 0.412. The molecule has 23 heavy (non-hydrogen) atoms. The topological polar surface area (TPSA) is 78.0 Å². The summed E-state index contributed by atoms with van der Waals surface area (Å²) < 4.78 is 12.9. The molecule has 1 aliphatic rings. The number of amides is 1. The highest BCUT2D eigenvalue weighted by Gasteiger charge is 2.24. The summed E-state index contributed by atoms with van der Waals surface area (Å²) in [5.74, 6) is -0.558. The van der Waals surface area contributed by atoms with Gasteiger partial charge >= 0.3 is 0 Å². The number of nitrogens with one attached hydrogen (secondary N) is 2. The molecule has 0 aliphatic heterocycles. The lowest BCUT2D eigenvalue weighted by Crippen LogP contribution is -2.34. The Hall–Kier alpha value is -2.21. The lowest BCUT2D eigenvalue weighted by atomic mass is 10.0. The van der Waals surface area contributed by atoms with Gasteiger partial charge in [0.25, 0.3) is 5.91 Å². The highest BCUT2D eigenvalue weighted by Crippen LogP contribution is 2.23. The number of hydrogen-bond donors (Lipinski definition) is 3. The normalized spacial score (nSPS) is 16.0.